The minimum Gasteiger partial charge on any atom is -0.184 e. The second kappa shape index (κ2) is 49.8. The molecular weight excluding hydrogens is 406 g/mol. The SMILES string of the molecule is C.C.C.CC.CC.[2HH].[Y].[Y].[c-]1ccccc1.[c-]1ccccc1. The Labute approximate surface area is 187 Å². The van der Waals surface area contributed by atoms with Crippen molar-refractivity contribution >= 4 is 0 Å². The quantitative estimate of drug-likeness (QED) is 0.379. The van der Waals surface area contributed by atoms with Crippen LogP contribution in [-0.2, 0) is 65.4 Å². The van der Waals surface area contributed by atoms with Crippen molar-refractivity contribution in [3.05, 3.63) is 72.8 Å². The standard InChI is InChI=1S/2C6H5.2C2H6.3CH4.2Y.H2/c2*1-2-4-6-5-3-1;2*1-2;;;;;;/h2*1-5H;2*1-2H3;3*1H4;;;1H/q2*-1;;;;;;;;/i;;;;;;;;;1+1. The minimum absolute atomic E-state index is 0. The maximum atomic E-state index is 2.89. The molecule has 2 heteroatoms. The minimum atomic E-state index is 0. The van der Waals surface area contributed by atoms with E-state index in [9.17, 15) is 0 Å². The van der Waals surface area contributed by atoms with Gasteiger partial charge in [-0.2, -0.15) is 72.8 Å². The Morgan fingerprint density at radius 2 is 0.667 bits per heavy atom. The van der Waals surface area contributed by atoms with E-state index >= 15 is 0 Å². The van der Waals surface area contributed by atoms with E-state index in [0.29, 0.717) is 0 Å². The Morgan fingerprint density at radius 3 is 0.714 bits per heavy atom. The normalized spacial score (nSPS) is 5.14. The van der Waals surface area contributed by atoms with Crippen molar-refractivity contribution < 1.29 is 66.8 Å². The van der Waals surface area contributed by atoms with Crippen LogP contribution in [0.1, 0.15) is 51.4 Å². The summed E-state index contributed by atoms with van der Waals surface area (Å²) in [6.45, 7) is 8.00. The van der Waals surface area contributed by atoms with Gasteiger partial charge in [0, 0.05) is 66.8 Å². The maximum absolute atomic E-state index is 2.89. The van der Waals surface area contributed by atoms with Gasteiger partial charge in [-0.05, 0) is 0 Å². The Morgan fingerprint density at radius 1 is 0.476 bits per heavy atom. The van der Waals surface area contributed by atoms with Crippen molar-refractivity contribution in [3.8, 4) is 0 Å². The summed E-state index contributed by atoms with van der Waals surface area (Å²) < 4.78 is 0. The molecule has 0 spiro atoms. The van der Waals surface area contributed by atoms with Gasteiger partial charge in [-0.3, -0.25) is 0 Å². The molecule has 0 fully saturated rings. The third-order valence-corrected chi connectivity index (χ3v) is 1.21. The summed E-state index contributed by atoms with van der Waals surface area (Å²) in [6.07, 6.45) is 0. The monoisotopic (exact) mass is 443 g/mol. The van der Waals surface area contributed by atoms with Gasteiger partial charge in [-0.1, -0.05) is 50.0 Å². The van der Waals surface area contributed by atoms with Crippen molar-refractivity contribution in [1.82, 2.24) is 0 Å². The van der Waals surface area contributed by atoms with Crippen LogP contribution in [0.25, 0.3) is 0 Å². The first-order valence-corrected chi connectivity index (χ1v) is 5.82. The zero-order valence-electron chi connectivity index (χ0n) is 11.9. The predicted octanol–water partition coefficient (Wildman–Crippen LogP) is 7.18. The summed E-state index contributed by atoms with van der Waals surface area (Å²) in [6, 6.07) is 25.0. The number of hydrogen-bond acceptors (Lipinski definition) is 0. The van der Waals surface area contributed by atoms with Gasteiger partial charge < -0.3 is 0 Å². The van der Waals surface area contributed by atoms with Gasteiger partial charge in [0.05, 0.1) is 0 Å². The fraction of sp³-hybridized carbons (Fsp3) is 0.368. The molecule has 2 aromatic rings. The molecule has 120 valence electrons. The first-order chi connectivity index (χ1) is 8.00. The van der Waals surface area contributed by atoms with Crippen molar-refractivity contribution in [2.45, 2.75) is 50.0 Å². The summed E-state index contributed by atoms with van der Waals surface area (Å²) in [5, 5.41) is 0. The van der Waals surface area contributed by atoms with E-state index in [2.05, 4.69) is 12.1 Å². The number of hydrogen-bond donors (Lipinski definition) is 0. The molecule has 2 aromatic carbocycles. The van der Waals surface area contributed by atoms with Gasteiger partial charge in [-0.25, -0.2) is 0 Å². The first-order valence-electron chi connectivity index (χ1n) is 5.82. The molecule has 21 heavy (non-hydrogen) atoms. The number of benzene rings is 2. The molecule has 0 saturated carbocycles. The topological polar surface area (TPSA) is 0 Å². The average molecular weight is 443 g/mol. The molecule has 0 bridgehead atoms. The Balaban J connectivity index is -0.0000000198. The van der Waals surface area contributed by atoms with Gasteiger partial charge in [0.1, 0.15) is 0 Å². The molecule has 0 nitrogen and oxygen atoms in total. The second-order valence-electron chi connectivity index (χ2n) is 2.15. The van der Waals surface area contributed by atoms with Crippen LogP contribution in [0.15, 0.2) is 60.7 Å². The van der Waals surface area contributed by atoms with Crippen LogP contribution in [0.5, 0.6) is 0 Å². The molecule has 0 N–H and O–H groups in total. The Bertz CT molecular complexity index is 191. The van der Waals surface area contributed by atoms with Crippen molar-refractivity contribution in [2.75, 3.05) is 0 Å². The molecule has 0 atom stereocenters. The third kappa shape index (κ3) is 44.9. The van der Waals surface area contributed by atoms with Crippen LogP contribution >= 0.6 is 0 Å². The van der Waals surface area contributed by atoms with Crippen LogP contribution in [-0.4, -0.2) is 0 Å². The van der Waals surface area contributed by atoms with Crippen molar-refractivity contribution in [3.63, 3.8) is 0 Å². The van der Waals surface area contributed by atoms with Crippen LogP contribution in [0, 0.1) is 12.1 Å². The molecule has 0 aliphatic carbocycles. The molecule has 0 amide bonds. The van der Waals surface area contributed by atoms with E-state index in [1.165, 1.54) is 0 Å². The van der Waals surface area contributed by atoms with E-state index < -0.39 is 0 Å². The molecule has 0 heterocycles. The summed E-state index contributed by atoms with van der Waals surface area (Å²) in [5.74, 6) is 0. The molecule has 0 aliphatic heterocycles. The molecule has 0 aliphatic rings. The summed E-state index contributed by atoms with van der Waals surface area (Å²) in [4.78, 5) is 0. The zero-order valence-corrected chi connectivity index (χ0v) is 17.6. The number of rotatable bonds is 0. The Kier molecular flexibility index (Phi) is 102. The van der Waals surface area contributed by atoms with Crippen LogP contribution in [0.3, 0.4) is 0 Å². The predicted molar refractivity (Wildman–Crippen MR) is 95.6 cm³/mol. The average Bonchev–Trinajstić information content (AvgIpc) is 2.48. The molecule has 0 saturated heterocycles. The largest absolute Gasteiger partial charge is 0.184 e. The third-order valence-electron chi connectivity index (χ3n) is 1.21. The van der Waals surface area contributed by atoms with Gasteiger partial charge >= 0.3 is 0 Å². The van der Waals surface area contributed by atoms with E-state index in [1.807, 2.05) is 88.4 Å². The first kappa shape index (κ1) is 43.0. The van der Waals surface area contributed by atoms with Crippen molar-refractivity contribution in [1.29, 1.82) is 0 Å². The summed E-state index contributed by atoms with van der Waals surface area (Å²) >= 11 is 0. The molecule has 0 aromatic heterocycles. The molecule has 2 rings (SSSR count). The molecule has 0 unspecified atom stereocenters. The van der Waals surface area contributed by atoms with Gasteiger partial charge in [0.2, 0.25) is 0 Å². The molecule has 2 radical (unpaired) electrons. The molecular formula is C19H36Y2-2. The summed E-state index contributed by atoms with van der Waals surface area (Å²) in [5.41, 5.74) is 0. The van der Waals surface area contributed by atoms with Gasteiger partial charge in [0.25, 0.3) is 0 Å². The van der Waals surface area contributed by atoms with Crippen LogP contribution in [0.4, 0.5) is 0 Å². The fourth-order valence-corrected chi connectivity index (χ4v) is 0.684. The Hall–Kier alpha value is 0.648. The zero-order chi connectivity index (χ0) is 12.5. The van der Waals surface area contributed by atoms with E-state index in [-0.39, 0.29) is 89.1 Å². The van der Waals surface area contributed by atoms with Crippen LogP contribution in [0.2, 0.25) is 0 Å². The van der Waals surface area contributed by atoms with Gasteiger partial charge in [-0.15, -0.1) is 0 Å². The van der Waals surface area contributed by atoms with E-state index in [0.717, 1.165) is 0 Å². The fourth-order valence-electron chi connectivity index (χ4n) is 0.684. The van der Waals surface area contributed by atoms with Crippen molar-refractivity contribution in [2.24, 2.45) is 0 Å². The van der Waals surface area contributed by atoms with Crippen LogP contribution < -0.4 is 0 Å². The van der Waals surface area contributed by atoms with E-state index in [4.69, 9.17) is 0 Å². The van der Waals surface area contributed by atoms with E-state index in [1.54, 1.807) is 0 Å². The smallest absolute Gasteiger partial charge is 0 e. The summed E-state index contributed by atoms with van der Waals surface area (Å²) in [7, 11) is 0. The maximum Gasteiger partial charge on any atom is 0 e. The second-order valence-corrected chi connectivity index (χ2v) is 2.15. The van der Waals surface area contributed by atoms with Gasteiger partial charge in [0.15, 0.2) is 0 Å².